The molecule has 0 aromatic rings. The van der Waals surface area contributed by atoms with Crippen molar-refractivity contribution >= 4 is 11.9 Å². The number of hydrogen-bond donors (Lipinski definition) is 1. The van der Waals surface area contributed by atoms with Crippen LogP contribution in [0.4, 0.5) is 0 Å². The molecule has 2 heterocycles. The Morgan fingerprint density at radius 2 is 1.57 bits per heavy atom. The summed E-state index contributed by atoms with van der Waals surface area (Å²) in [5, 5.41) is 9.47. The molecule has 1 amide bonds. The number of carbonyl (C=O) groups excluding carboxylic acids is 1. The van der Waals surface area contributed by atoms with Crippen LogP contribution in [0.5, 0.6) is 0 Å². The summed E-state index contributed by atoms with van der Waals surface area (Å²) in [5.41, 5.74) is -0.827. The lowest BCUT2D eigenvalue weighted by atomic mass is 9.82. The Morgan fingerprint density at radius 1 is 1.00 bits per heavy atom. The number of likely N-dealkylation sites (tertiary alicyclic amines) is 1. The van der Waals surface area contributed by atoms with Gasteiger partial charge in [-0.2, -0.15) is 0 Å². The van der Waals surface area contributed by atoms with Gasteiger partial charge < -0.3 is 19.5 Å². The minimum Gasteiger partial charge on any atom is -0.481 e. The molecule has 1 aliphatic carbocycles. The maximum absolute atomic E-state index is 12.4. The molecule has 3 fully saturated rings. The van der Waals surface area contributed by atoms with Crippen molar-refractivity contribution in [1.29, 1.82) is 0 Å². The standard InChI is InChI=1S/C15H23NO5/c17-12(11-14(13(18)19)3-1-2-4-14)16-7-5-15(6-8-16)20-9-10-21-15/h1-11H2,(H,18,19). The molecule has 1 saturated carbocycles. The number of amides is 1. The van der Waals surface area contributed by atoms with Gasteiger partial charge in [0, 0.05) is 32.4 Å². The maximum Gasteiger partial charge on any atom is 0.310 e. The van der Waals surface area contributed by atoms with Crippen LogP contribution in [-0.4, -0.2) is 54.0 Å². The van der Waals surface area contributed by atoms with Crippen LogP contribution in [0.2, 0.25) is 0 Å². The number of carboxylic acid groups (broad SMARTS) is 1. The van der Waals surface area contributed by atoms with E-state index in [9.17, 15) is 14.7 Å². The fraction of sp³-hybridized carbons (Fsp3) is 0.867. The van der Waals surface area contributed by atoms with Gasteiger partial charge in [0.1, 0.15) is 0 Å². The van der Waals surface area contributed by atoms with Crippen molar-refractivity contribution in [2.24, 2.45) is 5.41 Å². The average molecular weight is 297 g/mol. The number of hydrogen-bond acceptors (Lipinski definition) is 4. The summed E-state index contributed by atoms with van der Waals surface area (Å²) < 4.78 is 11.3. The van der Waals surface area contributed by atoms with Gasteiger partial charge in [-0.25, -0.2) is 0 Å². The van der Waals surface area contributed by atoms with Crippen LogP contribution in [0, 0.1) is 5.41 Å². The molecule has 3 aliphatic rings. The van der Waals surface area contributed by atoms with E-state index >= 15 is 0 Å². The van der Waals surface area contributed by atoms with Crippen LogP contribution in [0.3, 0.4) is 0 Å². The Balaban J connectivity index is 1.58. The molecule has 0 radical (unpaired) electrons. The molecule has 0 aromatic carbocycles. The van der Waals surface area contributed by atoms with Gasteiger partial charge in [-0.3, -0.25) is 9.59 Å². The fourth-order valence-corrected chi connectivity index (χ4v) is 3.80. The van der Waals surface area contributed by atoms with E-state index in [0.29, 0.717) is 52.0 Å². The van der Waals surface area contributed by atoms with Gasteiger partial charge in [-0.15, -0.1) is 0 Å². The van der Waals surface area contributed by atoms with Gasteiger partial charge >= 0.3 is 5.97 Å². The summed E-state index contributed by atoms with van der Waals surface area (Å²) in [4.78, 5) is 25.8. The van der Waals surface area contributed by atoms with E-state index in [1.54, 1.807) is 4.90 Å². The molecule has 6 nitrogen and oxygen atoms in total. The van der Waals surface area contributed by atoms with E-state index in [4.69, 9.17) is 9.47 Å². The molecule has 3 rings (SSSR count). The highest BCUT2D eigenvalue weighted by Gasteiger charge is 2.45. The minimum absolute atomic E-state index is 0.0350. The number of rotatable bonds is 3. The van der Waals surface area contributed by atoms with E-state index in [2.05, 4.69) is 0 Å². The van der Waals surface area contributed by atoms with Gasteiger partial charge in [0.2, 0.25) is 5.91 Å². The van der Waals surface area contributed by atoms with Gasteiger partial charge in [0.05, 0.1) is 18.6 Å². The van der Waals surface area contributed by atoms with Crippen molar-refractivity contribution < 1.29 is 24.2 Å². The SMILES string of the molecule is O=C(CC1(C(=O)O)CCCC1)N1CCC2(CC1)OCCO2. The molecule has 1 spiro atoms. The van der Waals surface area contributed by atoms with Crippen molar-refractivity contribution in [1.82, 2.24) is 4.90 Å². The molecule has 0 aromatic heterocycles. The molecule has 2 aliphatic heterocycles. The second-order valence-electron chi connectivity index (χ2n) is 6.46. The Labute approximate surface area is 124 Å². The van der Waals surface area contributed by atoms with Crippen LogP contribution in [0.25, 0.3) is 0 Å². The van der Waals surface area contributed by atoms with Crippen molar-refractivity contribution in [2.45, 2.75) is 50.7 Å². The topological polar surface area (TPSA) is 76.1 Å². The highest BCUT2D eigenvalue weighted by Crippen LogP contribution is 2.42. The molecule has 0 bridgehead atoms. The molecule has 1 N–H and O–H groups in total. The highest BCUT2D eigenvalue weighted by atomic mass is 16.7. The van der Waals surface area contributed by atoms with Crippen LogP contribution in [0.1, 0.15) is 44.9 Å². The van der Waals surface area contributed by atoms with Crippen LogP contribution < -0.4 is 0 Å². The van der Waals surface area contributed by atoms with Crippen molar-refractivity contribution in [3.63, 3.8) is 0 Å². The first-order chi connectivity index (χ1) is 10.1. The van der Waals surface area contributed by atoms with Crippen molar-refractivity contribution in [3.8, 4) is 0 Å². The minimum atomic E-state index is -0.827. The quantitative estimate of drug-likeness (QED) is 0.852. The number of aliphatic carboxylic acids is 1. The van der Waals surface area contributed by atoms with Gasteiger partial charge in [0.15, 0.2) is 5.79 Å². The summed E-state index contributed by atoms with van der Waals surface area (Å²) in [7, 11) is 0. The highest BCUT2D eigenvalue weighted by molar-refractivity contribution is 5.85. The Bertz CT molecular complexity index is 414. The first-order valence-electron chi connectivity index (χ1n) is 7.84. The Hall–Kier alpha value is -1.14. The predicted molar refractivity (Wildman–Crippen MR) is 73.6 cm³/mol. The Kier molecular flexibility index (Phi) is 3.92. The van der Waals surface area contributed by atoms with Gasteiger partial charge in [-0.05, 0) is 12.8 Å². The summed E-state index contributed by atoms with van der Waals surface area (Å²) in [6.45, 7) is 2.43. The maximum atomic E-state index is 12.4. The van der Waals surface area contributed by atoms with Crippen molar-refractivity contribution in [2.75, 3.05) is 26.3 Å². The van der Waals surface area contributed by atoms with E-state index in [0.717, 1.165) is 12.8 Å². The molecule has 2 saturated heterocycles. The largest absolute Gasteiger partial charge is 0.481 e. The summed E-state index contributed by atoms with van der Waals surface area (Å²) >= 11 is 0. The number of carboxylic acids is 1. The molecule has 6 heteroatoms. The third kappa shape index (κ3) is 2.79. The van der Waals surface area contributed by atoms with E-state index in [-0.39, 0.29) is 12.3 Å². The molecule has 0 unspecified atom stereocenters. The first-order valence-corrected chi connectivity index (χ1v) is 7.84. The normalized spacial score (nSPS) is 27.1. The van der Waals surface area contributed by atoms with E-state index in [1.807, 2.05) is 0 Å². The third-order valence-corrected chi connectivity index (χ3v) is 5.20. The third-order valence-electron chi connectivity index (χ3n) is 5.20. The number of ether oxygens (including phenoxy) is 2. The van der Waals surface area contributed by atoms with E-state index in [1.165, 1.54) is 0 Å². The van der Waals surface area contributed by atoms with E-state index < -0.39 is 17.2 Å². The number of piperidine rings is 1. The summed E-state index contributed by atoms with van der Waals surface area (Å²) in [6.07, 6.45) is 4.56. The number of nitrogens with zero attached hydrogens (tertiary/aromatic N) is 1. The molecule has 21 heavy (non-hydrogen) atoms. The fourth-order valence-electron chi connectivity index (χ4n) is 3.80. The van der Waals surface area contributed by atoms with Crippen LogP contribution >= 0.6 is 0 Å². The predicted octanol–water partition coefficient (Wildman–Crippen LogP) is 1.39. The summed E-state index contributed by atoms with van der Waals surface area (Å²) in [5.74, 6) is -1.34. The van der Waals surface area contributed by atoms with Gasteiger partial charge in [0.25, 0.3) is 0 Å². The monoisotopic (exact) mass is 297 g/mol. The van der Waals surface area contributed by atoms with Gasteiger partial charge in [-0.1, -0.05) is 12.8 Å². The Morgan fingerprint density at radius 3 is 2.10 bits per heavy atom. The zero-order valence-corrected chi connectivity index (χ0v) is 12.3. The lowest BCUT2D eigenvalue weighted by Gasteiger charge is -2.38. The molecular weight excluding hydrogens is 274 g/mol. The smallest absolute Gasteiger partial charge is 0.310 e. The second-order valence-corrected chi connectivity index (χ2v) is 6.46. The second kappa shape index (κ2) is 5.57. The average Bonchev–Trinajstić information content (AvgIpc) is 3.10. The molecule has 0 atom stereocenters. The zero-order valence-electron chi connectivity index (χ0n) is 12.3. The van der Waals surface area contributed by atoms with Crippen LogP contribution in [0.15, 0.2) is 0 Å². The zero-order chi connectivity index (χ0) is 14.9. The first kappa shape index (κ1) is 14.8. The summed E-state index contributed by atoms with van der Waals surface area (Å²) in [6, 6.07) is 0. The molecule has 118 valence electrons. The van der Waals surface area contributed by atoms with Crippen molar-refractivity contribution in [3.05, 3.63) is 0 Å². The number of carbonyl (C=O) groups is 2. The lowest BCUT2D eigenvalue weighted by Crippen LogP contribution is -2.48. The van der Waals surface area contributed by atoms with Crippen LogP contribution in [-0.2, 0) is 19.1 Å². The molecular formula is C15H23NO5. The lowest BCUT2D eigenvalue weighted by molar-refractivity contribution is -0.188.